The van der Waals surface area contributed by atoms with Gasteiger partial charge in [-0.25, -0.2) is 0 Å². The molecule has 0 radical (unpaired) electrons. The summed E-state index contributed by atoms with van der Waals surface area (Å²) in [6.45, 7) is 7.89. The van der Waals surface area contributed by atoms with E-state index in [0.717, 1.165) is 17.9 Å². The van der Waals surface area contributed by atoms with Gasteiger partial charge in [-0.2, -0.15) is 0 Å². The number of rotatable bonds is 6. The standard InChI is InChI=1S/C14H24N2O/c1-5-17-13-8-6-12(7-9-13)14(15)10-16(4)11(2)3/h6-9,11,14H,5,10,15H2,1-4H3. The Hall–Kier alpha value is -1.06. The number of likely N-dealkylation sites (N-methyl/N-ethyl adjacent to an activating group) is 1. The molecule has 0 saturated carbocycles. The summed E-state index contributed by atoms with van der Waals surface area (Å²) in [6.07, 6.45) is 0. The molecule has 0 aliphatic rings. The Morgan fingerprint density at radius 2 is 1.82 bits per heavy atom. The van der Waals surface area contributed by atoms with Crippen LogP contribution in [0.5, 0.6) is 5.75 Å². The second-order valence-corrected chi connectivity index (χ2v) is 4.64. The van der Waals surface area contributed by atoms with E-state index < -0.39 is 0 Å². The van der Waals surface area contributed by atoms with Crippen molar-refractivity contribution in [2.24, 2.45) is 5.73 Å². The zero-order valence-electron chi connectivity index (χ0n) is 11.3. The molecule has 0 amide bonds. The van der Waals surface area contributed by atoms with Gasteiger partial charge in [-0.15, -0.1) is 0 Å². The Morgan fingerprint density at radius 3 is 2.29 bits per heavy atom. The summed E-state index contributed by atoms with van der Waals surface area (Å²) < 4.78 is 5.41. The molecule has 3 nitrogen and oxygen atoms in total. The van der Waals surface area contributed by atoms with Crippen LogP contribution in [0.1, 0.15) is 32.4 Å². The molecule has 17 heavy (non-hydrogen) atoms. The van der Waals surface area contributed by atoms with Crippen LogP contribution in [0.4, 0.5) is 0 Å². The molecule has 0 heterocycles. The first-order chi connectivity index (χ1) is 8.04. The van der Waals surface area contributed by atoms with Crippen LogP contribution in [-0.2, 0) is 0 Å². The van der Waals surface area contributed by atoms with Crippen molar-refractivity contribution >= 4 is 0 Å². The summed E-state index contributed by atoms with van der Waals surface area (Å²) in [4.78, 5) is 2.25. The fourth-order valence-electron chi connectivity index (χ4n) is 1.60. The molecule has 0 spiro atoms. The lowest BCUT2D eigenvalue weighted by Gasteiger charge is -2.25. The molecule has 0 aromatic heterocycles. The average Bonchev–Trinajstić information content (AvgIpc) is 2.30. The highest BCUT2D eigenvalue weighted by Crippen LogP contribution is 2.17. The normalized spacial score (nSPS) is 13.1. The Kier molecular flexibility index (Phi) is 5.45. The Bertz CT molecular complexity index is 321. The lowest BCUT2D eigenvalue weighted by atomic mass is 10.1. The maximum atomic E-state index is 6.18. The van der Waals surface area contributed by atoms with Crippen molar-refractivity contribution < 1.29 is 4.74 Å². The molecule has 3 heteroatoms. The summed E-state index contributed by atoms with van der Waals surface area (Å²) in [6, 6.07) is 8.62. The van der Waals surface area contributed by atoms with Gasteiger partial charge >= 0.3 is 0 Å². The maximum absolute atomic E-state index is 6.18. The summed E-state index contributed by atoms with van der Waals surface area (Å²) >= 11 is 0. The largest absolute Gasteiger partial charge is 0.494 e. The van der Waals surface area contributed by atoms with Gasteiger partial charge < -0.3 is 15.4 Å². The van der Waals surface area contributed by atoms with Crippen molar-refractivity contribution in [1.29, 1.82) is 0 Å². The van der Waals surface area contributed by atoms with Crippen molar-refractivity contribution in [2.75, 3.05) is 20.2 Å². The van der Waals surface area contributed by atoms with Gasteiger partial charge in [-0.3, -0.25) is 0 Å². The van der Waals surface area contributed by atoms with Crippen LogP contribution in [0.3, 0.4) is 0 Å². The van der Waals surface area contributed by atoms with Crippen molar-refractivity contribution in [1.82, 2.24) is 4.90 Å². The topological polar surface area (TPSA) is 38.5 Å². The molecule has 0 aliphatic carbocycles. The van der Waals surface area contributed by atoms with E-state index in [1.807, 2.05) is 31.2 Å². The predicted molar refractivity (Wildman–Crippen MR) is 72.3 cm³/mol. The van der Waals surface area contributed by atoms with Crippen LogP contribution in [0.15, 0.2) is 24.3 Å². The van der Waals surface area contributed by atoms with Crippen LogP contribution in [0, 0.1) is 0 Å². The summed E-state index contributed by atoms with van der Waals surface area (Å²) in [5.41, 5.74) is 7.33. The number of nitrogens with two attached hydrogens (primary N) is 1. The van der Waals surface area contributed by atoms with E-state index >= 15 is 0 Å². The molecule has 1 aromatic rings. The quantitative estimate of drug-likeness (QED) is 0.824. The third kappa shape index (κ3) is 4.36. The molecule has 2 N–H and O–H groups in total. The molecule has 1 rings (SSSR count). The van der Waals surface area contributed by atoms with Gasteiger partial charge in [-0.1, -0.05) is 12.1 Å². The SMILES string of the molecule is CCOc1ccc(C(N)CN(C)C(C)C)cc1. The first kappa shape index (κ1) is 14.0. The Labute approximate surface area is 105 Å². The molecule has 1 aromatic carbocycles. The highest BCUT2D eigenvalue weighted by atomic mass is 16.5. The Morgan fingerprint density at radius 1 is 1.24 bits per heavy atom. The van der Waals surface area contributed by atoms with E-state index in [0.29, 0.717) is 12.6 Å². The van der Waals surface area contributed by atoms with Crippen molar-refractivity contribution in [3.05, 3.63) is 29.8 Å². The van der Waals surface area contributed by atoms with Crippen molar-refractivity contribution in [3.8, 4) is 5.75 Å². The summed E-state index contributed by atoms with van der Waals surface area (Å²) in [5, 5.41) is 0. The molecule has 1 atom stereocenters. The van der Waals surface area contributed by atoms with E-state index in [1.165, 1.54) is 0 Å². The number of hydrogen-bond acceptors (Lipinski definition) is 3. The van der Waals surface area contributed by atoms with E-state index in [4.69, 9.17) is 10.5 Å². The first-order valence-electron chi connectivity index (χ1n) is 6.23. The lowest BCUT2D eigenvalue weighted by molar-refractivity contribution is 0.257. The highest BCUT2D eigenvalue weighted by Gasteiger charge is 2.11. The second-order valence-electron chi connectivity index (χ2n) is 4.64. The minimum absolute atomic E-state index is 0.0538. The Balaban J connectivity index is 2.60. The van der Waals surface area contributed by atoms with Gasteiger partial charge in [0.2, 0.25) is 0 Å². The second kappa shape index (κ2) is 6.62. The molecular weight excluding hydrogens is 212 g/mol. The van der Waals surface area contributed by atoms with Gasteiger partial charge in [-0.05, 0) is 45.5 Å². The average molecular weight is 236 g/mol. The smallest absolute Gasteiger partial charge is 0.119 e. The fraction of sp³-hybridized carbons (Fsp3) is 0.571. The number of benzene rings is 1. The van der Waals surface area contributed by atoms with Gasteiger partial charge in [0.1, 0.15) is 5.75 Å². The molecular formula is C14H24N2O. The van der Waals surface area contributed by atoms with Crippen LogP contribution in [0.25, 0.3) is 0 Å². The molecule has 96 valence electrons. The van der Waals surface area contributed by atoms with E-state index in [1.54, 1.807) is 0 Å². The van der Waals surface area contributed by atoms with E-state index in [2.05, 4.69) is 25.8 Å². The van der Waals surface area contributed by atoms with Crippen molar-refractivity contribution in [2.45, 2.75) is 32.9 Å². The lowest BCUT2D eigenvalue weighted by Crippen LogP contribution is -2.33. The zero-order valence-corrected chi connectivity index (χ0v) is 11.3. The summed E-state index contributed by atoms with van der Waals surface area (Å²) in [7, 11) is 2.10. The predicted octanol–water partition coefficient (Wildman–Crippen LogP) is 2.43. The number of ether oxygens (including phenoxy) is 1. The van der Waals surface area contributed by atoms with Crippen LogP contribution in [0.2, 0.25) is 0 Å². The van der Waals surface area contributed by atoms with Crippen LogP contribution < -0.4 is 10.5 Å². The molecule has 1 unspecified atom stereocenters. The zero-order chi connectivity index (χ0) is 12.8. The maximum Gasteiger partial charge on any atom is 0.119 e. The summed E-state index contributed by atoms with van der Waals surface area (Å²) in [5.74, 6) is 0.903. The van der Waals surface area contributed by atoms with Crippen molar-refractivity contribution in [3.63, 3.8) is 0 Å². The van der Waals surface area contributed by atoms with Crippen LogP contribution >= 0.6 is 0 Å². The third-order valence-electron chi connectivity index (χ3n) is 2.99. The van der Waals surface area contributed by atoms with Gasteiger partial charge in [0.05, 0.1) is 6.61 Å². The molecule has 0 aliphatic heterocycles. The van der Waals surface area contributed by atoms with Gasteiger partial charge in [0, 0.05) is 18.6 Å². The third-order valence-corrected chi connectivity index (χ3v) is 2.99. The first-order valence-corrected chi connectivity index (χ1v) is 6.23. The molecule has 0 fully saturated rings. The molecule has 0 saturated heterocycles. The number of hydrogen-bond donors (Lipinski definition) is 1. The minimum Gasteiger partial charge on any atom is -0.494 e. The monoisotopic (exact) mass is 236 g/mol. The van der Waals surface area contributed by atoms with E-state index in [-0.39, 0.29) is 6.04 Å². The van der Waals surface area contributed by atoms with E-state index in [9.17, 15) is 0 Å². The van der Waals surface area contributed by atoms with Gasteiger partial charge in [0.25, 0.3) is 0 Å². The fourth-order valence-corrected chi connectivity index (χ4v) is 1.60. The van der Waals surface area contributed by atoms with Crippen LogP contribution in [-0.4, -0.2) is 31.1 Å². The minimum atomic E-state index is 0.0538. The number of nitrogens with zero attached hydrogens (tertiary/aromatic N) is 1. The highest BCUT2D eigenvalue weighted by molar-refractivity contribution is 5.29. The molecule has 0 bridgehead atoms. The van der Waals surface area contributed by atoms with Gasteiger partial charge in [0.15, 0.2) is 0 Å².